The van der Waals surface area contributed by atoms with E-state index in [4.69, 9.17) is 4.74 Å². The van der Waals surface area contributed by atoms with Crippen molar-refractivity contribution in [2.45, 2.75) is 62.9 Å². The van der Waals surface area contributed by atoms with Gasteiger partial charge in [0, 0.05) is 12.8 Å². The minimum absolute atomic E-state index is 0.0645. The van der Waals surface area contributed by atoms with E-state index in [1.54, 1.807) is 0 Å². The van der Waals surface area contributed by atoms with Crippen LogP contribution in [0.15, 0.2) is 42.5 Å². The maximum absolute atomic E-state index is 10.2. The van der Waals surface area contributed by atoms with E-state index in [9.17, 15) is 15.3 Å². The van der Waals surface area contributed by atoms with Crippen LogP contribution in [0.2, 0.25) is 0 Å². The van der Waals surface area contributed by atoms with E-state index in [1.165, 1.54) is 16.7 Å². The predicted molar refractivity (Wildman–Crippen MR) is 103 cm³/mol. The Hall–Kier alpha value is -1.72. The topological polar surface area (TPSA) is 69.9 Å². The average molecular weight is 368 g/mol. The van der Waals surface area contributed by atoms with Crippen molar-refractivity contribution in [1.29, 1.82) is 0 Å². The third kappa shape index (κ3) is 4.09. The molecule has 2 fully saturated rings. The first-order valence-corrected chi connectivity index (χ1v) is 9.82. The summed E-state index contributed by atoms with van der Waals surface area (Å²) in [5.41, 5.74) is 5.14. The Balaban J connectivity index is 1.52. The van der Waals surface area contributed by atoms with Gasteiger partial charge in [-0.2, -0.15) is 0 Å². The van der Waals surface area contributed by atoms with Gasteiger partial charge in [-0.25, -0.2) is 0 Å². The summed E-state index contributed by atoms with van der Waals surface area (Å²) in [4.78, 5) is 0. The zero-order valence-electron chi connectivity index (χ0n) is 15.8. The maximum Gasteiger partial charge on any atom is 0.0899 e. The summed E-state index contributed by atoms with van der Waals surface area (Å²) in [7, 11) is 0. The van der Waals surface area contributed by atoms with Gasteiger partial charge in [0.15, 0.2) is 0 Å². The molecule has 2 aliphatic rings. The summed E-state index contributed by atoms with van der Waals surface area (Å²) in [6.45, 7) is 2.04. The lowest BCUT2D eigenvalue weighted by Crippen LogP contribution is -2.33. The molecule has 4 heteroatoms. The zero-order valence-corrected chi connectivity index (χ0v) is 15.8. The lowest BCUT2D eigenvalue weighted by atomic mass is 9.92. The first-order chi connectivity index (χ1) is 13.0. The van der Waals surface area contributed by atoms with Gasteiger partial charge in [-0.15, -0.1) is 0 Å². The van der Waals surface area contributed by atoms with E-state index in [0.29, 0.717) is 12.8 Å². The third-order valence-corrected chi connectivity index (χ3v) is 5.94. The number of ether oxygens (including phenoxy) is 1. The van der Waals surface area contributed by atoms with E-state index in [0.717, 1.165) is 30.4 Å². The van der Waals surface area contributed by atoms with Gasteiger partial charge in [0.1, 0.15) is 0 Å². The van der Waals surface area contributed by atoms with Crippen LogP contribution in [0, 0.1) is 6.92 Å². The number of hydrogen-bond donors (Lipinski definition) is 3. The predicted octanol–water partition coefficient (Wildman–Crippen LogP) is 3.14. The summed E-state index contributed by atoms with van der Waals surface area (Å²) in [5.74, 6) is 0. The molecule has 2 aromatic carbocycles. The summed E-state index contributed by atoms with van der Waals surface area (Å²) in [6.07, 6.45) is 2.66. The van der Waals surface area contributed by atoms with Gasteiger partial charge in [0.25, 0.3) is 0 Å². The lowest BCUT2D eigenvalue weighted by molar-refractivity contribution is -0.113. The number of hydrogen-bond acceptors (Lipinski definition) is 4. The maximum atomic E-state index is 10.2. The van der Waals surface area contributed by atoms with Crippen molar-refractivity contribution in [3.8, 4) is 0 Å². The molecule has 4 nitrogen and oxygen atoms in total. The molecule has 144 valence electrons. The van der Waals surface area contributed by atoms with Gasteiger partial charge >= 0.3 is 0 Å². The summed E-state index contributed by atoms with van der Waals surface area (Å²) in [6, 6.07) is 14.6. The SMILES string of the molecule is Cc1ccc([C@H]2C[C@@H](O)C[C@@H](CO)O2)cc1Cc1ccc(C2(O)CC2)cc1. The normalized spacial score (nSPS) is 26.7. The molecule has 3 N–H and O–H groups in total. The molecular formula is C23H28O4. The quantitative estimate of drug-likeness (QED) is 0.758. The Morgan fingerprint density at radius 2 is 1.81 bits per heavy atom. The van der Waals surface area contributed by atoms with Crippen LogP contribution in [-0.4, -0.2) is 34.1 Å². The molecule has 2 aromatic rings. The Labute approximate surface area is 160 Å². The van der Waals surface area contributed by atoms with Crippen molar-refractivity contribution in [2.75, 3.05) is 6.61 Å². The minimum atomic E-state index is -0.587. The lowest BCUT2D eigenvalue weighted by Gasteiger charge is -2.32. The van der Waals surface area contributed by atoms with Gasteiger partial charge in [-0.1, -0.05) is 42.5 Å². The van der Waals surface area contributed by atoms with Crippen LogP contribution in [0.25, 0.3) is 0 Å². The monoisotopic (exact) mass is 368 g/mol. The highest BCUT2D eigenvalue weighted by Gasteiger charge is 2.41. The largest absolute Gasteiger partial charge is 0.394 e. The van der Waals surface area contributed by atoms with Gasteiger partial charge < -0.3 is 20.1 Å². The molecule has 0 amide bonds. The smallest absolute Gasteiger partial charge is 0.0899 e. The molecule has 3 atom stereocenters. The number of aliphatic hydroxyl groups is 3. The molecule has 0 spiro atoms. The van der Waals surface area contributed by atoms with E-state index < -0.39 is 11.7 Å². The number of aliphatic hydroxyl groups excluding tert-OH is 2. The van der Waals surface area contributed by atoms with Crippen LogP contribution < -0.4 is 0 Å². The van der Waals surface area contributed by atoms with Crippen molar-refractivity contribution < 1.29 is 20.1 Å². The zero-order chi connectivity index (χ0) is 19.0. The van der Waals surface area contributed by atoms with Gasteiger partial charge in [0.2, 0.25) is 0 Å². The average Bonchev–Trinajstić information content (AvgIpc) is 3.42. The van der Waals surface area contributed by atoms with Crippen LogP contribution in [0.4, 0.5) is 0 Å². The van der Waals surface area contributed by atoms with E-state index in [-0.39, 0.29) is 18.8 Å². The first-order valence-electron chi connectivity index (χ1n) is 9.82. The van der Waals surface area contributed by atoms with E-state index in [1.807, 2.05) is 12.1 Å². The highest BCUT2D eigenvalue weighted by Crippen LogP contribution is 2.45. The molecule has 1 heterocycles. The first kappa shape index (κ1) is 18.6. The second-order valence-electron chi connectivity index (χ2n) is 8.15. The fraction of sp³-hybridized carbons (Fsp3) is 0.478. The highest BCUT2D eigenvalue weighted by molar-refractivity contribution is 5.38. The second kappa shape index (κ2) is 7.36. The summed E-state index contributed by atoms with van der Waals surface area (Å²) >= 11 is 0. The number of aryl methyl sites for hydroxylation is 1. The molecule has 0 bridgehead atoms. The van der Waals surface area contributed by atoms with Gasteiger partial charge in [0.05, 0.1) is 30.5 Å². The van der Waals surface area contributed by atoms with E-state index >= 15 is 0 Å². The van der Waals surface area contributed by atoms with Crippen LogP contribution >= 0.6 is 0 Å². The number of rotatable bonds is 5. The summed E-state index contributed by atoms with van der Waals surface area (Å²) in [5, 5.41) is 29.7. The summed E-state index contributed by atoms with van der Waals surface area (Å²) < 4.78 is 5.96. The molecule has 1 saturated heterocycles. The van der Waals surface area contributed by atoms with Crippen molar-refractivity contribution in [1.82, 2.24) is 0 Å². The van der Waals surface area contributed by atoms with Crippen molar-refractivity contribution in [2.24, 2.45) is 0 Å². The Morgan fingerprint density at radius 3 is 2.48 bits per heavy atom. The molecule has 0 unspecified atom stereocenters. The Kier molecular flexibility index (Phi) is 5.08. The molecule has 0 aromatic heterocycles. The van der Waals surface area contributed by atoms with Crippen LogP contribution in [0.5, 0.6) is 0 Å². The molecule has 1 saturated carbocycles. The fourth-order valence-corrected chi connectivity index (χ4v) is 3.96. The molecule has 0 radical (unpaired) electrons. The van der Waals surface area contributed by atoms with Crippen molar-refractivity contribution >= 4 is 0 Å². The molecular weight excluding hydrogens is 340 g/mol. The number of benzene rings is 2. The van der Waals surface area contributed by atoms with E-state index in [2.05, 4.69) is 37.3 Å². The van der Waals surface area contributed by atoms with Crippen LogP contribution in [-0.2, 0) is 16.8 Å². The third-order valence-electron chi connectivity index (χ3n) is 5.94. The Morgan fingerprint density at radius 1 is 1.07 bits per heavy atom. The molecule has 1 aliphatic heterocycles. The fourth-order valence-electron chi connectivity index (χ4n) is 3.96. The minimum Gasteiger partial charge on any atom is -0.394 e. The van der Waals surface area contributed by atoms with Crippen molar-refractivity contribution in [3.63, 3.8) is 0 Å². The Bertz CT molecular complexity index is 795. The molecule has 27 heavy (non-hydrogen) atoms. The molecule has 1 aliphatic carbocycles. The van der Waals surface area contributed by atoms with Gasteiger partial charge in [-0.3, -0.25) is 0 Å². The highest BCUT2D eigenvalue weighted by atomic mass is 16.5. The molecule has 4 rings (SSSR count). The van der Waals surface area contributed by atoms with Crippen LogP contribution in [0.1, 0.15) is 59.6 Å². The second-order valence-corrected chi connectivity index (χ2v) is 8.15. The standard InChI is InChI=1S/C23H28O4/c1-15-2-5-17(22-13-20(25)12-21(14-24)27-22)11-18(15)10-16-3-6-19(7-4-16)23(26)8-9-23/h2-7,11,20-22,24-26H,8-10,12-14H2,1H3/t20-,21-,22+/m0/s1. The van der Waals surface area contributed by atoms with Crippen molar-refractivity contribution in [3.05, 3.63) is 70.3 Å². The van der Waals surface area contributed by atoms with Gasteiger partial charge in [-0.05, 0) is 54.0 Å². The van der Waals surface area contributed by atoms with Crippen LogP contribution in [0.3, 0.4) is 0 Å².